The summed E-state index contributed by atoms with van der Waals surface area (Å²) in [7, 11) is 0. The first-order valence-electron chi connectivity index (χ1n) is 8.93. The third kappa shape index (κ3) is 5.13. The summed E-state index contributed by atoms with van der Waals surface area (Å²) in [6.45, 7) is 4.05. The van der Waals surface area contributed by atoms with E-state index in [4.69, 9.17) is 5.73 Å². The first-order valence-corrected chi connectivity index (χ1v) is 8.93. The number of nitrogens with one attached hydrogen (secondary N) is 1. The van der Waals surface area contributed by atoms with E-state index in [1.165, 1.54) is 18.2 Å². The molecule has 0 saturated carbocycles. The zero-order chi connectivity index (χ0) is 20.8. The highest BCUT2D eigenvalue weighted by atomic mass is 19.1. The number of nitrogens with two attached hydrogens (primary N) is 1. The van der Waals surface area contributed by atoms with Crippen LogP contribution in [-0.4, -0.2) is 26.6 Å². The average molecular weight is 393 g/mol. The van der Waals surface area contributed by atoms with Crippen LogP contribution >= 0.6 is 0 Å². The van der Waals surface area contributed by atoms with Crippen LogP contribution in [0, 0.1) is 5.82 Å². The Balaban J connectivity index is 1.96. The highest BCUT2D eigenvalue weighted by molar-refractivity contribution is 5.87. The number of rotatable bonds is 8. The molecule has 0 aliphatic carbocycles. The molecule has 7 nitrogen and oxygen atoms in total. The summed E-state index contributed by atoms with van der Waals surface area (Å²) >= 11 is 0. The van der Waals surface area contributed by atoms with Gasteiger partial charge in [0, 0.05) is 43.0 Å². The van der Waals surface area contributed by atoms with Crippen molar-refractivity contribution in [3.8, 4) is 22.5 Å². The Hall–Kier alpha value is -3.81. The Morgan fingerprint density at radius 2 is 1.97 bits per heavy atom. The van der Waals surface area contributed by atoms with E-state index in [1.807, 2.05) is 12.1 Å². The fourth-order valence-corrected chi connectivity index (χ4v) is 2.75. The average Bonchev–Trinajstić information content (AvgIpc) is 3.20. The molecule has 0 aliphatic rings. The number of carbonyl (C=O) groups excluding carboxylic acids is 2. The lowest BCUT2D eigenvalue weighted by Gasteiger charge is -2.11. The third-order valence-electron chi connectivity index (χ3n) is 4.27. The molecular weight excluding hydrogens is 373 g/mol. The van der Waals surface area contributed by atoms with E-state index in [-0.39, 0.29) is 24.7 Å². The fourth-order valence-electron chi connectivity index (χ4n) is 2.75. The normalized spacial score (nSPS) is 10.5. The van der Waals surface area contributed by atoms with Crippen LogP contribution in [0.25, 0.3) is 22.5 Å². The topological polar surface area (TPSA) is 103 Å². The number of halogens is 1. The lowest BCUT2D eigenvalue weighted by atomic mass is 10.0. The van der Waals surface area contributed by atoms with E-state index in [0.717, 1.165) is 16.7 Å². The smallest absolute Gasteiger partial charge is 0.243 e. The van der Waals surface area contributed by atoms with Crippen LogP contribution < -0.4 is 11.1 Å². The number of primary amides is 1. The molecule has 0 fully saturated rings. The van der Waals surface area contributed by atoms with Gasteiger partial charge in [-0.1, -0.05) is 6.58 Å². The second-order valence-electron chi connectivity index (χ2n) is 6.34. The Bertz CT molecular complexity index is 1040. The SMILES string of the molecule is C=CC(=O)NCc1cnc(-c2ccc(F)cc2)cc1-c1ccn(CCC(N)=O)n1. The molecule has 3 N–H and O–H groups in total. The third-order valence-corrected chi connectivity index (χ3v) is 4.27. The minimum Gasteiger partial charge on any atom is -0.370 e. The van der Waals surface area contributed by atoms with E-state index >= 15 is 0 Å². The van der Waals surface area contributed by atoms with Crippen molar-refractivity contribution in [3.05, 3.63) is 72.8 Å². The summed E-state index contributed by atoms with van der Waals surface area (Å²) in [6.07, 6.45) is 4.78. The summed E-state index contributed by atoms with van der Waals surface area (Å²) in [4.78, 5) is 27.0. The number of hydrogen-bond donors (Lipinski definition) is 2. The quantitative estimate of drug-likeness (QED) is 0.574. The molecule has 0 aliphatic heterocycles. The molecule has 3 rings (SSSR count). The molecule has 0 bridgehead atoms. The predicted octanol–water partition coefficient (Wildman–Crippen LogP) is 2.43. The van der Waals surface area contributed by atoms with Gasteiger partial charge in [0.05, 0.1) is 11.4 Å². The van der Waals surface area contributed by atoms with Crippen molar-refractivity contribution in [2.45, 2.75) is 19.5 Å². The Morgan fingerprint density at radius 1 is 1.21 bits per heavy atom. The molecular formula is C21H20FN5O2. The molecule has 0 saturated heterocycles. The summed E-state index contributed by atoms with van der Waals surface area (Å²) in [5, 5.41) is 7.23. The lowest BCUT2D eigenvalue weighted by molar-refractivity contribution is -0.118. The van der Waals surface area contributed by atoms with Gasteiger partial charge in [0.1, 0.15) is 5.82 Å². The first kappa shape index (κ1) is 19.9. The van der Waals surface area contributed by atoms with Gasteiger partial charge in [0.15, 0.2) is 0 Å². The zero-order valence-electron chi connectivity index (χ0n) is 15.6. The van der Waals surface area contributed by atoms with E-state index in [0.29, 0.717) is 17.9 Å². The Kier molecular flexibility index (Phi) is 6.13. The number of aryl methyl sites for hydroxylation is 1. The van der Waals surface area contributed by atoms with Gasteiger partial charge in [0.2, 0.25) is 11.8 Å². The van der Waals surface area contributed by atoms with Crippen molar-refractivity contribution in [1.29, 1.82) is 0 Å². The molecule has 0 radical (unpaired) electrons. The Labute approximate surface area is 167 Å². The maximum Gasteiger partial charge on any atom is 0.243 e. The minimum absolute atomic E-state index is 0.181. The predicted molar refractivity (Wildman–Crippen MR) is 107 cm³/mol. The molecule has 2 amide bonds. The van der Waals surface area contributed by atoms with Gasteiger partial charge in [0.25, 0.3) is 0 Å². The van der Waals surface area contributed by atoms with Crippen molar-refractivity contribution in [2.75, 3.05) is 0 Å². The van der Waals surface area contributed by atoms with Crippen molar-refractivity contribution >= 4 is 11.8 Å². The second kappa shape index (κ2) is 8.92. The summed E-state index contributed by atoms with van der Waals surface area (Å²) < 4.78 is 14.9. The van der Waals surface area contributed by atoms with Crippen molar-refractivity contribution in [3.63, 3.8) is 0 Å². The largest absolute Gasteiger partial charge is 0.370 e. The van der Waals surface area contributed by atoms with Crippen LogP contribution in [0.4, 0.5) is 4.39 Å². The van der Waals surface area contributed by atoms with Crippen LogP contribution in [0.2, 0.25) is 0 Å². The summed E-state index contributed by atoms with van der Waals surface area (Å²) in [5.74, 6) is -1.03. The van der Waals surface area contributed by atoms with Crippen LogP contribution in [0.1, 0.15) is 12.0 Å². The number of carbonyl (C=O) groups is 2. The van der Waals surface area contributed by atoms with Crippen LogP contribution in [0.3, 0.4) is 0 Å². The molecule has 29 heavy (non-hydrogen) atoms. The standard InChI is InChI=1S/C21H20FN5O2/c1-2-21(29)25-13-15-12-24-19(14-3-5-16(22)6-4-14)11-17(15)18-7-9-27(26-18)10-8-20(23)28/h2-7,9,11-12H,1,8,10,13H2,(H2,23,28)(H,25,29). The molecule has 0 atom stereocenters. The van der Waals surface area contributed by atoms with Gasteiger partial charge in [-0.15, -0.1) is 0 Å². The van der Waals surface area contributed by atoms with Crippen molar-refractivity contribution < 1.29 is 14.0 Å². The number of amides is 2. The molecule has 2 heterocycles. The summed E-state index contributed by atoms with van der Waals surface area (Å²) in [6, 6.07) is 9.67. The molecule has 1 aromatic carbocycles. The minimum atomic E-state index is -0.405. The van der Waals surface area contributed by atoms with Gasteiger partial charge in [-0.2, -0.15) is 5.10 Å². The van der Waals surface area contributed by atoms with Crippen LogP contribution in [0.5, 0.6) is 0 Å². The van der Waals surface area contributed by atoms with Gasteiger partial charge in [-0.05, 0) is 48.0 Å². The molecule has 3 aromatic rings. The highest BCUT2D eigenvalue weighted by Crippen LogP contribution is 2.27. The maximum absolute atomic E-state index is 13.2. The Morgan fingerprint density at radius 3 is 2.66 bits per heavy atom. The molecule has 8 heteroatoms. The van der Waals surface area contributed by atoms with Crippen LogP contribution in [0.15, 0.2) is 61.4 Å². The number of pyridine rings is 1. The van der Waals surface area contributed by atoms with Crippen molar-refractivity contribution in [1.82, 2.24) is 20.1 Å². The maximum atomic E-state index is 13.2. The van der Waals surface area contributed by atoms with Gasteiger partial charge < -0.3 is 11.1 Å². The van der Waals surface area contributed by atoms with E-state index in [1.54, 1.807) is 29.2 Å². The molecule has 148 valence electrons. The zero-order valence-corrected chi connectivity index (χ0v) is 15.6. The van der Waals surface area contributed by atoms with Gasteiger partial charge in [-0.25, -0.2) is 4.39 Å². The first-order chi connectivity index (χ1) is 14.0. The fraction of sp³-hybridized carbons (Fsp3) is 0.143. The second-order valence-corrected chi connectivity index (χ2v) is 6.34. The van der Waals surface area contributed by atoms with E-state index < -0.39 is 5.91 Å². The number of hydrogen-bond acceptors (Lipinski definition) is 4. The van der Waals surface area contributed by atoms with E-state index in [2.05, 4.69) is 22.0 Å². The number of benzene rings is 1. The van der Waals surface area contributed by atoms with E-state index in [9.17, 15) is 14.0 Å². The monoisotopic (exact) mass is 393 g/mol. The molecule has 0 unspecified atom stereocenters. The number of nitrogens with zero attached hydrogens (tertiary/aromatic N) is 3. The molecule has 0 spiro atoms. The van der Waals surface area contributed by atoms with Gasteiger partial charge >= 0.3 is 0 Å². The molecule has 2 aromatic heterocycles. The summed E-state index contributed by atoms with van der Waals surface area (Å²) in [5.41, 5.74) is 8.77. The van der Waals surface area contributed by atoms with Gasteiger partial charge in [-0.3, -0.25) is 19.3 Å². The highest BCUT2D eigenvalue weighted by Gasteiger charge is 2.13. The number of aromatic nitrogens is 3. The van der Waals surface area contributed by atoms with Crippen molar-refractivity contribution in [2.24, 2.45) is 5.73 Å². The lowest BCUT2D eigenvalue weighted by Crippen LogP contribution is -2.20. The van der Waals surface area contributed by atoms with Crippen LogP contribution in [-0.2, 0) is 22.7 Å².